The lowest BCUT2D eigenvalue weighted by Gasteiger charge is -1.98. The molecule has 0 aromatic carbocycles. The number of nitrogens with two attached hydrogens (primary N) is 1. The fourth-order valence-corrected chi connectivity index (χ4v) is 3.12. The second-order valence-corrected chi connectivity index (χ2v) is 6.74. The number of nitrogens with zero attached hydrogens (tertiary/aromatic N) is 2. The monoisotopic (exact) mass is 411 g/mol. The van der Waals surface area contributed by atoms with E-state index in [-0.39, 0.29) is 0 Å². The Morgan fingerprint density at radius 3 is 2.47 bits per heavy atom. The van der Waals surface area contributed by atoms with Gasteiger partial charge in [0.05, 0.1) is 13.1 Å². The van der Waals surface area contributed by atoms with Crippen molar-refractivity contribution in [1.29, 1.82) is 0 Å². The van der Waals surface area contributed by atoms with E-state index in [4.69, 9.17) is 5.73 Å². The molecule has 0 radical (unpaired) electrons. The third kappa shape index (κ3) is 2.41. The molecule has 2 aromatic heterocycles. The summed E-state index contributed by atoms with van der Waals surface area (Å²) in [5.41, 5.74) is 5.69. The van der Waals surface area contributed by atoms with Crippen molar-refractivity contribution in [3.05, 3.63) is 25.0 Å². The molecule has 0 aliphatic heterocycles. The van der Waals surface area contributed by atoms with Gasteiger partial charge in [-0.05, 0) is 53.9 Å². The van der Waals surface area contributed by atoms with Crippen molar-refractivity contribution in [2.45, 2.75) is 0 Å². The van der Waals surface area contributed by atoms with E-state index in [1.54, 1.807) is 17.5 Å². The topological polar surface area (TPSA) is 51.8 Å². The Kier molecular flexibility index (Phi) is 3.44. The largest absolute Gasteiger partial charge is 0.383 e. The molecule has 2 rings (SSSR count). The molecule has 2 aromatic rings. The second kappa shape index (κ2) is 4.48. The van der Waals surface area contributed by atoms with Gasteiger partial charge < -0.3 is 5.73 Å². The SMILES string of the molecule is Nc1nc(-c2cc(Br)c(Br)s2)ncc1Br. The van der Waals surface area contributed by atoms with Crippen LogP contribution in [0.15, 0.2) is 25.0 Å². The predicted octanol–water partition coefficient (Wildman–Crippen LogP) is 4.07. The van der Waals surface area contributed by atoms with Crippen molar-refractivity contribution < 1.29 is 0 Å². The summed E-state index contributed by atoms with van der Waals surface area (Å²) in [6.07, 6.45) is 1.65. The zero-order valence-corrected chi connectivity index (χ0v) is 12.7. The van der Waals surface area contributed by atoms with Gasteiger partial charge in [0, 0.05) is 10.7 Å². The Bertz CT molecular complexity index is 492. The quantitative estimate of drug-likeness (QED) is 0.766. The Hall–Kier alpha value is 0.0200. The number of nitrogen functional groups attached to an aromatic ring is 1. The maximum atomic E-state index is 5.69. The van der Waals surface area contributed by atoms with E-state index < -0.39 is 0 Å². The highest BCUT2D eigenvalue weighted by Gasteiger charge is 2.10. The fraction of sp³-hybridized carbons (Fsp3) is 0. The molecule has 0 aliphatic rings. The Morgan fingerprint density at radius 2 is 1.93 bits per heavy atom. The third-order valence-corrected chi connectivity index (χ3v) is 5.50. The van der Waals surface area contributed by atoms with Gasteiger partial charge in [-0.25, -0.2) is 9.97 Å². The zero-order valence-electron chi connectivity index (χ0n) is 7.17. The maximum absolute atomic E-state index is 5.69. The Labute approximate surface area is 116 Å². The van der Waals surface area contributed by atoms with Crippen LogP contribution in [-0.2, 0) is 0 Å². The van der Waals surface area contributed by atoms with E-state index in [1.165, 1.54) is 0 Å². The first-order valence-electron chi connectivity index (χ1n) is 3.81. The average Bonchev–Trinajstić information content (AvgIpc) is 2.52. The van der Waals surface area contributed by atoms with Gasteiger partial charge >= 0.3 is 0 Å². The lowest BCUT2D eigenvalue weighted by molar-refractivity contribution is 1.18. The minimum absolute atomic E-state index is 0.445. The summed E-state index contributed by atoms with van der Waals surface area (Å²) in [6, 6.07) is 1.96. The van der Waals surface area contributed by atoms with Crippen molar-refractivity contribution in [2.24, 2.45) is 0 Å². The minimum atomic E-state index is 0.445. The molecular formula is C8H4Br3N3S. The van der Waals surface area contributed by atoms with Gasteiger partial charge in [0.15, 0.2) is 5.82 Å². The van der Waals surface area contributed by atoms with Crippen LogP contribution in [0.4, 0.5) is 5.82 Å². The van der Waals surface area contributed by atoms with Crippen LogP contribution in [0.25, 0.3) is 10.7 Å². The fourth-order valence-electron chi connectivity index (χ4n) is 0.956. The number of thiophene rings is 1. The van der Waals surface area contributed by atoms with E-state index in [2.05, 4.69) is 57.8 Å². The highest BCUT2D eigenvalue weighted by atomic mass is 79.9. The van der Waals surface area contributed by atoms with Crippen molar-refractivity contribution in [3.63, 3.8) is 0 Å². The van der Waals surface area contributed by atoms with Crippen LogP contribution in [0.3, 0.4) is 0 Å². The highest BCUT2D eigenvalue weighted by Crippen LogP contribution is 2.37. The summed E-state index contributed by atoms with van der Waals surface area (Å²) >= 11 is 11.6. The molecule has 0 bridgehead atoms. The Morgan fingerprint density at radius 1 is 1.20 bits per heavy atom. The average molecular weight is 414 g/mol. The first kappa shape index (κ1) is 11.5. The number of rotatable bonds is 1. The molecular weight excluding hydrogens is 410 g/mol. The lowest BCUT2D eigenvalue weighted by atomic mass is 10.4. The molecule has 0 saturated heterocycles. The lowest BCUT2D eigenvalue weighted by Crippen LogP contribution is -1.95. The van der Waals surface area contributed by atoms with E-state index in [0.29, 0.717) is 16.1 Å². The van der Waals surface area contributed by atoms with Gasteiger partial charge in [-0.1, -0.05) is 0 Å². The van der Waals surface area contributed by atoms with Gasteiger partial charge in [-0.15, -0.1) is 11.3 Å². The molecule has 2 N–H and O–H groups in total. The molecule has 0 spiro atoms. The van der Waals surface area contributed by atoms with Gasteiger partial charge in [0.1, 0.15) is 5.82 Å². The van der Waals surface area contributed by atoms with Crippen LogP contribution in [0, 0.1) is 0 Å². The predicted molar refractivity (Wildman–Crippen MR) is 72.9 cm³/mol. The van der Waals surface area contributed by atoms with Crippen LogP contribution in [-0.4, -0.2) is 9.97 Å². The van der Waals surface area contributed by atoms with E-state index in [9.17, 15) is 0 Å². The summed E-state index contributed by atoms with van der Waals surface area (Å²) in [4.78, 5) is 9.35. The molecule has 0 unspecified atom stereocenters. The first-order valence-corrected chi connectivity index (χ1v) is 7.00. The summed E-state index contributed by atoms with van der Waals surface area (Å²) < 4.78 is 2.72. The molecule has 15 heavy (non-hydrogen) atoms. The molecule has 0 amide bonds. The molecule has 0 saturated carbocycles. The van der Waals surface area contributed by atoms with Crippen molar-refractivity contribution in [2.75, 3.05) is 5.73 Å². The standard InChI is InChI=1S/C8H4Br3N3S/c9-3-1-5(15-6(3)11)8-13-2-4(10)7(12)14-8/h1-2H,(H2,12,13,14). The van der Waals surface area contributed by atoms with Crippen LogP contribution in [0.5, 0.6) is 0 Å². The van der Waals surface area contributed by atoms with Crippen LogP contribution in [0.2, 0.25) is 0 Å². The van der Waals surface area contributed by atoms with Gasteiger partial charge in [-0.3, -0.25) is 0 Å². The Balaban J connectivity index is 2.49. The zero-order chi connectivity index (χ0) is 11.0. The van der Waals surface area contributed by atoms with Gasteiger partial charge in [-0.2, -0.15) is 0 Å². The van der Waals surface area contributed by atoms with Gasteiger partial charge in [0.25, 0.3) is 0 Å². The number of aromatic nitrogens is 2. The molecule has 7 heteroatoms. The molecule has 2 heterocycles. The number of hydrogen-bond acceptors (Lipinski definition) is 4. The van der Waals surface area contributed by atoms with Crippen molar-refractivity contribution >= 4 is 64.9 Å². The number of anilines is 1. The highest BCUT2D eigenvalue weighted by molar-refractivity contribution is 9.13. The summed E-state index contributed by atoms with van der Waals surface area (Å²) in [7, 11) is 0. The van der Waals surface area contributed by atoms with Crippen molar-refractivity contribution in [1.82, 2.24) is 9.97 Å². The molecule has 0 fully saturated rings. The smallest absolute Gasteiger partial charge is 0.171 e. The summed E-state index contributed by atoms with van der Waals surface area (Å²) in [5, 5.41) is 0. The van der Waals surface area contributed by atoms with Crippen molar-refractivity contribution in [3.8, 4) is 10.7 Å². The van der Waals surface area contributed by atoms with E-state index in [1.807, 2.05) is 6.07 Å². The maximum Gasteiger partial charge on any atom is 0.171 e. The van der Waals surface area contributed by atoms with Crippen LogP contribution in [0.1, 0.15) is 0 Å². The molecule has 78 valence electrons. The number of hydrogen-bond donors (Lipinski definition) is 1. The second-order valence-electron chi connectivity index (χ2n) is 2.66. The molecule has 0 aliphatic carbocycles. The van der Waals surface area contributed by atoms with E-state index in [0.717, 1.165) is 13.1 Å². The van der Waals surface area contributed by atoms with Gasteiger partial charge in [0.2, 0.25) is 0 Å². The normalized spacial score (nSPS) is 10.6. The number of halogens is 3. The molecule has 0 atom stereocenters. The summed E-state index contributed by atoms with van der Waals surface area (Å²) in [5.74, 6) is 1.08. The summed E-state index contributed by atoms with van der Waals surface area (Å²) in [6.45, 7) is 0. The minimum Gasteiger partial charge on any atom is -0.383 e. The van der Waals surface area contributed by atoms with Crippen LogP contribution >= 0.6 is 59.1 Å². The third-order valence-electron chi connectivity index (χ3n) is 1.64. The van der Waals surface area contributed by atoms with E-state index >= 15 is 0 Å². The molecule has 3 nitrogen and oxygen atoms in total. The first-order chi connectivity index (χ1) is 7.08. The van der Waals surface area contributed by atoms with Crippen LogP contribution < -0.4 is 5.73 Å².